The molecule has 3 aromatic heterocycles. The van der Waals surface area contributed by atoms with Crippen molar-refractivity contribution in [3.63, 3.8) is 0 Å². The number of aromatic nitrogens is 3. The second-order valence-corrected chi connectivity index (χ2v) is 7.81. The number of benzene rings is 2. The number of nitriles is 1. The van der Waals surface area contributed by atoms with Gasteiger partial charge in [-0.2, -0.15) is 5.26 Å². The number of halogens is 2. The Labute approximate surface area is 192 Å². The summed E-state index contributed by atoms with van der Waals surface area (Å²) in [5.74, 6) is 0.476. The largest absolute Gasteiger partial charge is 0.329 e. The lowest BCUT2D eigenvalue weighted by molar-refractivity contribution is 1.21. The lowest BCUT2D eigenvalue weighted by Gasteiger charge is -2.27. The first-order chi connectivity index (χ1) is 15.6. The summed E-state index contributed by atoms with van der Waals surface area (Å²) in [6.07, 6.45) is 4.82. The fourth-order valence-electron chi connectivity index (χ4n) is 3.73. The van der Waals surface area contributed by atoms with Crippen molar-refractivity contribution in [2.75, 3.05) is 4.90 Å². The standard InChI is InChI=1S/C24H13Cl2N5O/c25-18-10-14(12-27)11-19(26)22(18)31(15-4-2-1-3-5-15)23-16-6-9-29-24(32)21(16)17-13-28-8-7-20(17)30-23/h1-11,13H,(H,29,32). The van der Waals surface area contributed by atoms with Crippen LogP contribution in [0, 0.1) is 11.3 Å². The molecule has 1 N–H and O–H groups in total. The Morgan fingerprint density at radius 1 is 1.00 bits per heavy atom. The van der Waals surface area contributed by atoms with E-state index < -0.39 is 0 Å². The van der Waals surface area contributed by atoms with Gasteiger partial charge < -0.3 is 4.98 Å². The highest BCUT2D eigenvalue weighted by Crippen LogP contribution is 2.45. The summed E-state index contributed by atoms with van der Waals surface area (Å²) >= 11 is 13.3. The summed E-state index contributed by atoms with van der Waals surface area (Å²) in [5.41, 5.74) is 1.88. The van der Waals surface area contributed by atoms with E-state index >= 15 is 0 Å². The molecule has 0 amide bonds. The van der Waals surface area contributed by atoms with Gasteiger partial charge in [-0.25, -0.2) is 4.98 Å². The SMILES string of the molecule is N#Cc1cc(Cl)c(N(c2ccccc2)c2nc3ccncc3c3c(=O)[nH]ccc23)c(Cl)c1. The molecule has 0 aliphatic heterocycles. The molecule has 5 rings (SSSR count). The molecule has 154 valence electrons. The van der Waals surface area contributed by atoms with Crippen LogP contribution in [0.4, 0.5) is 17.2 Å². The van der Waals surface area contributed by atoms with E-state index in [-0.39, 0.29) is 15.6 Å². The van der Waals surface area contributed by atoms with Crippen molar-refractivity contribution in [1.29, 1.82) is 5.26 Å². The van der Waals surface area contributed by atoms with Crippen molar-refractivity contribution < 1.29 is 0 Å². The van der Waals surface area contributed by atoms with E-state index in [1.807, 2.05) is 30.3 Å². The first kappa shape index (κ1) is 20.0. The molecular weight excluding hydrogens is 445 g/mol. The molecule has 0 aliphatic rings. The number of hydrogen-bond donors (Lipinski definition) is 1. The number of pyridine rings is 3. The van der Waals surface area contributed by atoms with E-state index in [4.69, 9.17) is 28.2 Å². The van der Waals surface area contributed by atoms with Gasteiger partial charge in [0.2, 0.25) is 0 Å². The zero-order valence-electron chi connectivity index (χ0n) is 16.4. The van der Waals surface area contributed by atoms with Crippen LogP contribution >= 0.6 is 23.2 Å². The Morgan fingerprint density at radius 2 is 1.75 bits per heavy atom. The van der Waals surface area contributed by atoms with Crippen LogP contribution in [0.25, 0.3) is 21.7 Å². The molecular formula is C24H13Cl2N5O. The smallest absolute Gasteiger partial charge is 0.256 e. The summed E-state index contributed by atoms with van der Waals surface area (Å²) in [6, 6.07) is 18.1. The molecule has 8 heteroatoms. The number of H-pyrrole nitrogens is 1. The number of anilines is 3. The zero-order valence-corrected chi connectivity index (χ0v) is 17.9. The lowest BCUT2D eigenvalue weighted by atomic mass is 10.1. The number of hydrogen-bond acceptors (Lipinski definition) is 5. The van der Waals surface area contributed by atoms with Gasteiger partial charge in [0.05, 0.1) is 38.3 Å². The molecule has 0 atom stereocenters. The van der Waals surface area contributed by atoms with E-state index in [9.17, 15) is 10.1 Å². The van der Waals surface area contributed by atoms with Crippen LogP contribution in [0.1, 0.15) is 5.56 Å². The maximum Gasteiger partial charge on any atom is 0.256 e. The predicted molar refractivity (Wildman–Crippen MR) is 127 cm³/mol. The molecule has 0 aliphatic carbocycles. The molecule has 0 unspecified atom stereocenters. The van der Waals surface area contributed by atoms with Crippen LogP contribution in [-0.2, 0) is 0 Å². The van der Waals surface area contributed by atoms with Crippen molar-refractivity contribution in [2.45, 2.75) is 0 Å². The molecule has 5 aromatic rings. The molecule has 6 nitrogen and oxygen atoms in total. The minimum Gasteiger partial charge on any atom is -0.329 e. The monoisotopic (exact) mass is 457 g/mol. The van der Waals surface area contributed by atoms with Crippen molar-refractivity contribution in [3.8, 4) is 6.07 Å². The summed E-state index contributed by atoms with van der Waals surface area (Å²) in [7, 11) is 0. The Hall–Kier alpha value is -3.92. The Balaban J connectivity index is 1.94. The van der Waals surface area contributed by atoms with Crippen LogP contribution < -0.4 is 10.5 Å². The highest BCUT2D eigenvalue weighted by molar-refractivity contribution is 6.40. The third-order valence-electron chi connectivity index (χ3n) is 5.09. The number of rotatable bonds is 3. The van der Waals surface area contributed by atoms with E-state index in [2.05, 4.69) is 16.0 Å². The summed E-state index contributed by atoms with van der Waals surface area (Å²) in [6.45, 7) is 0. The molecule has 0 radical (unpaired) electrons. The van der Waals surface area contributed by atoms with Gasteiger partial charge in [-0.3, -0.25) is 14.7 Å². The fraction of sp³-hybridized carbons (Fsp3) is 0. The van der Waals surface area contributed by atoms with E-state index in [0.717, 1.165) is 5.69 Å². The van der Waals surface area contributed by atoms with Gasteiger partial charge in [0, 0.05) is 35.1 Å². The molecule has 0 spiro atoms. The molecule has 0 bridgehead atoms. The second-order valence-electron chi connectivity index (χ2n) is 6.99. The van der Waals surface area contributed by atoms with E-state index in [0.29, 0.717) is 38.7 Å². The van der Waals surface area contributed by atoms with Crippen LogP contribution in [0.3, 0.4) is 0 Å². The van der Waals surface area contributed by atoms with E-state index in [1.165, 1.54) is 0 Å². The molecule has 2 aromatic carbocycles. The lowest BCUT2D eigenvalue weighted by Crippen LogP contribution is -2.15. The fourth-order valence-corrected chi connectivity index (χ4v) is 4.39. The van der Waals surface area contributed by atoms with Crippen LogP contribution in [0.5, 0.6) is 0 Å². The number of fused-ring (bicyclic) bond motifs is 3. The number of nitrogens with one attached hydrogen (secondary N) is 1. The van der Waals surface area contributed by atoms with Gasteiger partial charge >= 0.3 is 0 Å². The summed E-state index contributed by atoms with van der Waals surface area (Å²) in [4.78, 5) is 26.4. The van der Waals surface area contributed by atoms with Gasteiger partial charge in [0.1, 0.15) is 5.82 Å². The maximum atomic E-state index is 12.8. The molecule has 0 saturated heterocycles. The van der Waals surface area contributed by atoms with Crippen LogP contribution in [-0.4, -0.2) is 15.0 Å². The van der Waals surface area contributed by atoms with Crippen LogP contribution in [0.15, 0.2) is 78.0 Å². The van der Waals surface area contributed by atoms with Crippen molar-refractivity contribution in [2.24, 2.45) is 0 Å². The Kier molecular flexibility index (Phi) is 4.98. The first-order valence-corrected chi connectivity index (χ1v) is 10.3. The number of para-hydroxylation sites is 1. The quantitative estimate of drug-likeness (QED) is 0.329. The first-order valence-electron chi connectivity index (χ1n) is 9.58. The van der Waals surface area contributed by atoms with Crippen molar-refractivity contribution in [3.05, 3.63) is 99.2 Å². The molecule has 0 fully saturated rings. The summed E-state index contributed by atoms with van der Waals surface area (Å²) < 4.78 is 0. The minimum atomic E-state index is -0.255. The van der Waals surface area contributed by atoms with Crippen LogP contribution in [0.2, 0.25) is 10.0 Å². The van der Waals surface area contributed by atoms with Gasteiger partial charge in [0.25, 0.3) is 5.56 Å². The minimum absolute atomic E-state index is 0.255. The number of aromatic amines is 1. The van der Waals surface area contributed by atoms with Gasteiger partial charge in [-0.1, -0.05) is 41.4 Å². The van der Waals surface area contributed by atoms with Gasteiger partial charge in [-0.05, 0) is 36.4 Å². The average Bonchev–Trinajstić information content (AvgIpc) is 2.81. The molecule has 0 saturated carbocycles. The highest BCUT2D eigenvalue weighted by atomic mass is 35.5. The molecule has 3 heterocycles. The maximum absolute atomic E-state index is 12.8. The topological polar surface area (TPSA) is 85.7 Å². The van der Waals surface area contributed by atoms with Gasteiger partial charge in [-0.15, -0.1) is 0 Å². The van der Waals surface area contributed by atoms with E-state index in [1.54, 1.807) is 47.8 Å². The normalized spacial score (nSPS) is 10.9. The average molecular weight is 458 g/mol. The number of nitrogens with zero attached hydrogens (tertiary/aromatic N) is 4. The Bertz CT molecular complexity index is 1570. The zero-order chi connectivity index (χ0) is 22.2. The van der Waals surface area contributed by atoms with Gasteiger partial charge in [0.15, 0.2) is 0 Å². The van der Waals surface area contributed by atoms with Crippen molar-refractivity contribution >= 4 is 62.1 Å². The second kappa shape index (κ2) is 7.97. The highest BCUT2D eigenvalue weighted by Gasteiger charge is 2.24. The third kappa shape index (κ3) is 3.25. The van der Waals surface area contributed by atoms with Crippen molar-refractivity contribution in [1.82, 2.24) is 15.0 Å². The molecule has 32 heavy (non-hydrogen) atoms. The third-order valence-corrected chi connectivity index (χ3v) is 5.67. The Morgan fingerprint density at radius 3 is 2.47 bits per heavy atom. The predicted octanol–water partition coefficient (Wildman–Crippen LogP) is 6.12. The summed E-state index contributed by atoms with van der Waals surface area (Å²) in [5, 5.41) is 11.6.